The molecule has 2 N–H and O–H groups in total. The molecule has 0 aromatic carbocycles. The molecule has 0 saturated heterocycles. The number of carboxylic acids is 1. The van der Waals surface area contributed by atoms with Gasteiger partial charge in [0, 0.05) is 24.9 Å². The van der Waals surface area contributed by atoms with Crippen molar-refractivity contribution in [2.75, 3.05) is 0 Å². The zero-order chi connectivity index (χ0) is 13.4. The molecular weight excluding hydrogens is 242 g/mol. The zero-order valence-electron chi connectivity index (χ0n) is 9.91. The smallest absolute Gasteiger partial charge is 0.354 e. The van der Waals surface area contributed by atoms with E-state index in [0.717, 1.165) is 0 Å². The Labute approximate surface area is 103 Å². The Hall–Kier alpha value is -1.56. The van der Waals surface area contributed by atoms with Crippen LogP contribution >= 0.6 is 0 Å². The second-order valence-electron chi connectivity index (χ2n) is 4.94. The summed E-state index contributed by atoms with van der Waals surface area (Å²) in [4.78, 5) is 14.6. The zero-order valence-corrected chi connectivity index (χ0v) is 9.91. The number of nitrogens with zero attached hydrogens (tertiary/aromatic N) is 1. The van der Waals surface area contributed by atoms with Crippen molar-refractivity contribution in [1.29, 1.82) is 0 Å². The van der Waals surface area contributed by atoms with Crippen LogP contribution < -0.4 is 5.32 Å². The average molecular weight is 256 g/mol. The summed E-state index contributed by atoms with van der Waals surface area (Å²) in [5.41, 5.74) is -0.102. The van der Waals surface area contributed by atoms with E-state index < -0.39 is 17.4 Å². The van der Waals surface area contributed by atoms with Gasteiger partial charge in [0.15, 0.2) is 0 Å². The quantitative estimate of drug-likeness (QED) is 0.865. The van der Waals surface area contributed by atoms with Crippen LogP contribution in [0.2, 0.25) is 0 Å². The van der Waals surface area contributed by atoms with Crippen molar-refractivity contribution in [2.45, 2.75) is 37.8 Å². The summed E-state index contributed by atoms with van der Waals surface area (Å²) in [5, 5.41) is 11.8. The van der Waals surface area contributed by atoms with Crippen molar-refractivity contribution in [2.24, 2.45) is 0 Å². The highest BCUT2D eigenvalue weighted by atomic mass is 19.3. The number of alkyl halides is 2. The van der Waals surface area contributed by atoms with Gasteiger partial charge < -0.3 is 10.4 Å². The van der Waals surface area contributed by atoms with Crippen LogP contribution in [0.15, 0.2) is 18.2 Å². The Morgan fingerprint density at radius 1 is 1.50 bits per heavy atom. The molecule has 18 heavy (non-hydrogen) atoms. The lowest BCUT2D eigenvalue weighted by molar-refractivity contribution is -0.128. The molecule has 98 valence electrons. The lowest BCUT2D eigenvalue weighted by atomic mass is 9.75. The number of carboxylic acid groups (broad SMARTS) is 1. The second kappa shape index (κ2) is 4.28. The molecule has 4 nitrogen and oxygen atoms in total. The molecule has 0 aliphatic heterocycles. The van der Waals surface area contributed by atoms with E-state index in [4.69, 9.17) is 5.11 Å². The van der Waals surface area contributed by atoms with Crippen LogP contribution in [0, 0.1) is 0 Å². The fourth-order valence-electron chi connectivity index (χ4n) is 2.22. The van der Waals surface area contributed by atoms with E-state index in [2.05, 4.69) is 10.3 Å². The van der Waals surface area contributed by atoms with Crippen molar-refractivity contribution in [1.82, 2.24) is 10.3 Å². The summed E-state index contributed by atoms with van der Waals surface area (Å²) in [6, 6.07) is 4.65. The highest BCUT2D eigenvalue weighted by molar-refractivity contribution is 5.85. The fraction of sp³-hybridized carbons (Fsp3) is 0.500. The molecule has 0 unspecified atom stereocenters. The number of carbonyl (C=O) groups is 1. The number of aromatic carboxylic acids is 1. The number of halogens is 2. The van der Waals surface area contributed by atoms with Crippen LogP contribution in [-0.2, 0) is 6.54 Å². The van der Waals surface area contributed by atoms with Crippen LogP contribution in [0.25, 0.3) is 0 Å². The molecule has 2 rings (SSSR count). The number of nitrogens with one attached hydrogen (secondary N) is 1. The molecule has 0 atom stereocenters. The number of pyridine rings is 1. The lowest BCUT2D eigenvalue weighted by Gasteiger charge is -2.45. The van der Waals surface area contributed by atoms with Crippen molar-refractivity contribution in [3.8, 4) is 0 Å². The van der Waals surface area contributed by atoms with Crippen molar-refractivity contribution < 1.29 is 18.7 Å². The first kappa shape index (κ1) is 12.9. The van der Waals surface area contributed by atoms with E-state index in [0.29, 0.717) is 5.69 Å². The van der Waals surface area contributed by atoms with Gasteiger partial charge in [0.1, 0.15) is 5.69 Å². The molecule has 1 aromatic heterocycles. The van der Waals surface area contributed by atoms with Gasteiger partial charge in [-0.25, -0.2) is 18.6 Å². The molecule has 0 bridgehead atoms. The Balaban J connectivity index is 1.95. The molecule has 1 fully saturated rings. The van der Waals surface area contributed by atoms with Gasteiger partial charge in [0.25, 0.3) is 5.92 Å². The van der Waals surface area contributed by atoms with Crippen molar-refractivity contribution >= 4 is 5.97 Å². The van der Waals surface area contributed by atoms with Gasteiger partial charge in [-0.2, -0.15) is 0 Å². The van der Waals surface area contributed by atoms with Gasteiger partial charge in [-0.15, -0.1) is 0 Å². The maximum atomic E-state index is 12.8. The van der Waals surface area contributed by atoms with Gasteiger partial charge in [0.2, 0.25) is 0 Å². The van der Waals surface area contributed by atoms with Crippen LogP contribution in [0.3, 0.4) is 0 Å². The van der Waals surface area contributed by atoms with E-state index in [1.54, 1.807) is 19.1 Å². The minimum atomic E-state index is -2.59. The average Bonchev–Trinajstić information content (AvgIpc) is 2.24. The fourth-order valence-corrected chi connectivity index (χ4v) is 2.22. The predicted octanol–water partition coefficient (Wildman–Crippen LogP) is 2.06. The Bertz CT molecular complexity index is 469. The molecule has 1 aliphatic carbocycles. The first-order chi connectivity index (χ1) is 8.30. The highest BCUT2D eigenvalue weighted by Gasteiger charge is 2.53. The maximum Gasteiger partial charge on any atom is 0.354 e. The number of rotatable bonds is 4. The van der Waals surface area contributed by atoms with Crippen LogP contribution in [0.1, 0.15) is 35.9 Å². The highest BCUT2D eigenvalue weighted by Crippen LogP contribution is 2.45. The number of hydrogen-bond donors (Lipinski definition) is 2. The normalized spacial score (nSPS) is 20.2. The third kappa shape index (κ3) is 2.81. The minimum Gasteiger partial charge on any atom is -0.477 e. The van der Waals surface area contributed by atoms with Crippen molar-refractivity contribution in [3.63, 3.8) is 0 Å². The molecule has 1 aromatic rings. The van der Waals surface area contributed by atoms with Gasteiger partial charge in [0.05, 0.1) is 5.69 Å². The second-order valence-corrected chi connectivity index (χ2v) is 4.94. The molecule has 1 saturated carbocycles. The number of aromatic nitrogens is 1. The summed E-state index contributed by atoms with van der Waals surface area (Å²) >= 11 is 0. The maximum absolute atomic E-state index is 12.8. The van der Waals surface area contributed by atoms with Crippen LogP contribution in [-0.4, -0.2) is 27.5 Å². The largest absolute Gasteiger partial charge is 0.477 e. The lowest BCUT2D eigenvalue weighted by Crippen LogP contribution is -2.58. The summed E-state index contributed by atoms with van der Waals surface area (Å²) in [7, 11) is 0. The summed E-state index contributed by atoms with van der Waals surface area (Å²) in [6.45, 7) is 2.01. The van der Waals surface area contributed by atoms with Gasteiger partial charge in [-0.3, -0.25) is 0 Å². The molecule has 6 heteroatoms. The molecule has 0 amide bonds. The van der Waals surface area contributed by atoms with E-state index in [1.807, 2.05) is 0 Å². The van der Waals surface area contributed by atoms with E-state index in [1.165, 1.54) is 6.07 Å². The standard InChI is InChI=1S/C12H14F2N2O2/c1-11(6-12(13,14)7-11)15-5-8-3-2-4-9(16-8)10(17)18/h2-4,15H,5-7H2,1H3,(H,17,18). The molecule has 0 radical (unpaired) electrons. The van der Waals surface area contributed by atoms with Gasteiger partial charge in [-0.05, 0) is 19.1 Å². The van der Waals surface area contributed by atoms with E-state index >= 15 is 0 Å². The third-order valence-corrected chi connectivity index (χ3v) is 3.02. The first-order valence-corrected chi connectivity index (χ1v) is 5.62. The summed E-state index contributed by atoms with van der Waals surface area (Å²) in [6.07, 6.45) is -0.392. The summed E-state index contributed by atoms with van der Waals surface area (Å²) in [5.74, 6) is -3.68. The Morgan fingerprint density at radius 3 is 2.72 bits per heavy atom. The third-order valence-electron chi connectivity index (χ3n) is 3.02. The van der Waals surface area contributed by atoms with Crippen LogP contribution in [0.5, 0.6) is 0 Å². The molecule has 1 heterocycles. The Kier molecular flexibility index (Phi) is 3.06. The molecule has 1 aliphatic rings. The van der Waals surface area contributed by atoms with E-state index in [-0.39, 0.29) is 25.1 Å². The number of hydrogen-bond acceptors (Lipinski definition) is 3. The predicted molar refractivity (Wildman–Crippen MR) is 60.6 cm³/mol. The Morgan fingerprint density at radius 2 is 2.17 bits per heavy atom. The molecule has 0 spiro atoms. The van der Waals surface area contributed by atoms with Crippen LogP contribution in [0.4, 0.5) is 8.78 Å². The van der Waals surface area contributed by atoms with Gasteiger partial charge in [-0.1, -0.05) is 6.07 Å². The topological polar surface area (TPSA) is 62.2 Å². The monoisotopic (exact) mass is 256 g/mol. The SMILES string of the molecule is CC1(NCc2cccc(C(=O)O)n2)CC(F)(F)C1. The summed E-state index contributed by atoms with van der Waals surface area (Å²) < 4.78 is 25.6. The van der Waals surface area contributed by atoms with Gasteiger partial charge >= 0.3 is 5.97 Å². The van der Waals surface area contributed by atoms with E-state index in [9.17, 15) is 13.6 Å². The minimum absolute atomic E-state index is 0.0432. The molecular formula is C12H14F2N2O2. The first-order valence-electron chi connectivity index (χ1n) is 5.62. The van der Waals surface area contributed by atoms with Crippen molar-refractivity contribution in [3.05, 3.63) is 29.6 Å².